The average molecular weight is 254 g/mol. The fraction of sp³-hybridized carbons (Fsp3) is 0.571. The molecule has 1 aliphatic heterocycles. The van der Waals surface area contributed by atoms with Crippen molar-refractivity contribution in [1.29, 1.82) is 0 Å². The van der Waals surface area contributed by atoms with Gasteiger partial charge in [-0.3, -0.25) is 0 Å². The molecule has 0 bridgehead atoms. The zero-order chi connectivity index (χ0) is 11.1. The normalized spacial score (nSPS) is 26.9. The summed E-state index contributed by atoms with van der Waals surface area (Å²) in [5.74, 6) is 2.69. The number of likely N-dealkylation sites (tertiary alicyclic amines) is 1. The monoisotopic (exact) mass is 253 g/mol. The summed E-state index contributed by atoms with van der Waals surface area (Å²) in [4.78, 5) is 2.46. The molecule has 0 spiro atoms. The lowest BCUT2D eigenvalue weighted by Gasteiger charge is -2.28. The molecule has 17 heavy (non-hydrogen) atoms. The van der Waals surface area contributed by atoms with Gasteiger partial charge in [-0.05, 0) is 43.0 Å². The van der Waals surface area contributed by atoms with Gasteiger partial charge in [-0.1, -0.05) is 12.1 Å². The van der Waals surface area contributed by atoms with E-state index in [1.807, 2.05) is 0 Å². The smallest absolute Gasteiger partial charge is 0.122 e. The third kappa shape index (κ3) is 2.04. The van der Waals surface area contributed by atoms with Gasteiger partial charge in [0.1, 0.15) is 5.75 Å². The molecule has 94 valence electrons. The molecule has 1 aromatic rings. The number of nitrogens with zero attached hydrogens (tertiary/aromatic N) is 1. The molecule has 3 rings (SSSR count). The molecule has 1 fully saturated rings. The van der Waals surface area contributed by atoms with Crippen LogP contribution in [-0.2, 0) is 6.42 Å². The van der Waals surface area contributed by atoms with Crippen molar-refractivity contribution in [2.45, 2.75) is 18.8 Å². The van der Waals surface area contributed by atoms with Crippen LogP contribution < -0.4 is 4.74 Å². The maximum Gasteiger partial charge on any atom is 0.122 e. The lowest BCUT2D eigenvalue weighted by atomic mass is 9.77. The first-order valence-corrected chi connectivity index (χ1v) is 6.14. The molecule has 3 heteroatoms. The van der Waals surface area contributed by atoms with Crippen LogP contribution in [0.25, 0.3) is 0 Å². The molecule has 2 aliphatic rings. The predicted molar refractivity (Wildman–Crippen MR) is 72.3 cm³/mol. The van der Waals surface area contributed by atoms with Gasteiger partial charge >= 0.3 is 0 Å². The molecular weight excluding hydrogens is 234 g/mol. The number of ether oxygens (including phenoxy) is 1. The standard InChI is InChI=1S/C14H19NO.ClH/c1-15-8-10-6-7-12-11(13(10)9-15)4-3-5-14(12)16-2;/h3-5,10,13H,6-9H2,1-2H3;1H. The number of benzene rings is 1. The third-order valence-electron chi connectivity index (χ3n) is 4.18. The summed E-state index contributed by atoms with van der Waals surface area (Å²) < 4.78 is 5.47. The summed E-state index contributed by atoms with van der Waals surface area (Å²) >= 11 is 0. The molecule has 0 saturated carbocycles. The van der Waals surface area contributed by atoms with Gasteiger partial charge in [0.15, 0.2) is 0 Å². The van der Waals surface area contributed by atoms with E-state index in [4.69, 9.17) is 4.74 Å². The molecule has 1 aromatic carbocycles. The molecule has 2 unspecified atom stereocenters. The number of methoxy groups -OCH3 is 1. The second-order valence-corrected chi connectivity index (χ2v) is 5.15. The van der Waals surface area contributed by atoms with Crippen molar-refractivity contribution in [3.63, 3.8) is 0 Å². The van der Waals surface area contributed by atoms with Gasteiger partial charge in [-0.2, -0.15) is 0 Å². The Morgan fingerprint density at radius 3 is 2.88 bits per heavy atom. The van der Waals surface area contributed by atoms with Crippen molar-refractivity contribution in [1.82, 2.24) is 4.90 Å². The lowest BCUT2D eigenvalue weighted by Crippen LogP contribution is -2.19. The van der Waals surface area contributed by atoms with Crippen molar-refractivity contribution in [2.75, 3.05) is 27.2 Å². The highest BCUT2D eigenvalue weighted by Crippen LogP contribution is 2.43. The van der Waals surface area contributed by atoms with Crippen molar-refractivity contribution < 1.29 is 4.74 Å². The van der Waals surface area contributed by atoms with Gasteiger partial charge in [0.25, 0.3) is 0 Å². The molecule has 0 radical (unpaired) electrons. The van der Waals surface area contributed by atoms with E-state index in [-0.39, 0.29) is 12.4 Å². The van der Waals surface area contributed by atoms with E-state index in [0.29, 0.717) is 0 Å². The first kappa shape index (κ1) is 12.7. The first-order valence-electron chi connectivity index (χ1n) is 6.14. The van der Waals surface area contributed by atoms with Crippen LogP contribution >= 0.6 is 12.4 Å². The summed E-state index contributed by atoms with van der Waals surface area (Å²) in [6, 6.07) is 6.53. The molecule has 2 atom stereocenters. The zero-order valence-corrected chi connectivity index (χ0v) is 11.3. The highest BCUT2D eigenvalue weighted by atomic mass is 35.5. The number of halogens is 1. The second-order valence-electron chi connectivity index (χ2n) is 5.15. The Kier molecular flexibility index (Phi) is 3.64. The van der Waals surface area contributed by atoms with E-state index in [9.17, 15) is 0 Å². The largest absolute Gasteiger partial charge is 0.496 e. The van der Waals surface area contributed by atoms with E-state index in [2.05, 4.69) is 30.1 Å². The van der Waals surface area contributed by atoms with Crippen LogP contribution in [0.1, 0.15) is 23.5 Å². The molecule has 0 N–H and O–H groups in total. The first-order chi connectivity index (χ1) is 7.79. The van der Waals surface area contributed by atoms with Gasteiger partial charge in [-0.15, -0.1) is 12.4 Å². The Morgan fingerprint density at radius 1 is 1.29 bits per heavy atom. The van der Waals surface area contributed by atoms with Crippen LogP contribution in [0.2, 0.25) is 0 Å². The number of fused-ring (bicyclic) bond motifs is 3. The molecule has 1 saturated heterocycles. The van der Waals surface area contributed by atoms with Crippen LogP contribution in [0.5, 0.6) is 5.75 Å². The molecule has 0 amide bonds. The fourth-order valence-electron chi connectivity index (χ4n) is 3.45. The molecule has 1 aliphatic carbocycles. The van der Waals surface area contributed by atoms with Crippen LogP contribution in [0.3, 0.4) is 0 Å². The highest BCUT2D eigenvalue weighted by Gasteiger charge is 2.36. The quantitative estimate of drug-likeness (QED) is 0.763. The summed E-state index contributed by atoms with van der Waals surface area (Å²) in [5.41, 5.74) is 3.00. The van der Waals surface area contributed by atoms with Crippen molar-refractivity contribution in [3.05, 3.63) is 29.3 Å². The minimum Gasteiger partial charge on any atom is -0.496 e. The molecule has 0 aromatic heterocycles. The van der Waals surface area contributed by atoms with Gasteiger partial charge in [-0.25, -0.2) is 0 Å². The number of likely N-dealkylation sites (N-methyl/N-ethyl adjacent to an activating group) is 1. The maximum absolute atomic E-state index is 5.47. The third-order valence-corrected chi connectivity index (χ3v) is 4.18. The molecule has 1 heterocycles. The number of rotatable bonds is 1. The van der Waals surface area contributed by atoms with Gasteiger partial charge in [0, 0.05) is 19.0 Å². The average Bonchev–Trinajstić information content (AvgIpc) is 2.69. The topological polar surface area (TPSA) is 12.5 Å². The van der Waals surface area contributed by atoms with Crippen molar-refractivity contribution >= 4 is 12.4 Å². The Balaban J connectivity index is 0.00000108. The second kappa shape index (κ2) is 4.87. The lowest BCUT2D eigenvalue weighted by molar-refractivity contribution is 0.379. The maximum atomic E-state index is 5.47. The van der Waals surface area contributed by atoms with Gasteiger partial charge in [0.2, 0.25) is 0 Å². The molecule has 2 nitrogen and oxygen atoms in total. The highest BCUT2D eigenvalue weighted by molar-refractivity contribution is 5.85. The van der Waals surface area contributed by atoms with Crippen molar-refractivity contribution in [3.8, 4) is 5.75 Å². The van der Waals surface area contributed by atoms with E-state index in [0.717, 1.165) is 17.6 Å². The fourth-order valence-corrected chi connectivity index (χ4v) is 3.45. The Morgan fingerprint density at radius 2 is 2.12 bits per heavy atom. The van der Waals surface area contributed by atoms with Crippen LogP contribution in [0.4, 0.5) is 0 Å². The summed E-state index contributed by atoms with van der Waals surface area (Å²) in [5, 5.41) is 0. The minimum atomic E-state index is 0. The van der Waals surface area contributed by atoms with Crippen LogP contribution in [-0.4, -0.2) is 32.1 Å². The van der Waals surface area contributed by atoms with E-state index >= 15 is 0 Å². The van der Waals surface area contributed by atoms with Crippen molar-refractivity contribution in [2.24, 2.45) is 5.92 Å². The van der Waals surface area contributed by atoms with E-state index in [1.54, 1.807) is 12.7 Å². The van der Waals surface area contributed by atoms with E-state index in [1.165, 1.54) is 31.5 Å². The van der Waals surface area contributed by atoms with Gasteiger partial charge < -0.3 is 9.64 Å². The zero-order valence-electron chi connectivity index (χ0n) is 10.5. The minimum absolute atomic E-state index is 0. The Labute approximate surface area is 109 Å². The van der Waals surface area contributed by atoms with Gasteiger partial charge in [0.05, 0.1) is 7.11 Å². The number of hydrogen-bond acceptors (Lipinski definition) is 2. The SMILES string of the molecule is COc1cccc2c1CCC1CN(C)CC21.Cl. The Bertz CT molecular complexity index is 407. The van der Waals surface area contributed by atoms with Crippen LogP contribution in [0, 0.1) is 5.92 Å². The summed E-state index contributed by atoms with van der Waals surface area (Å²) in [6.07, 6.45) is 2.51. The van der Waals surface area contributed by atoms with Crippen LogP contribution in [0.15, 0.2) is 18.2 Å². The molecular formula is C14H20ClNO. The predicted octanol–water partition coefficient (Wildman–Crippen LogP) is 2.71. The summed E-state index contributed by atoms with van der Waals surface area (Å²) in [6.45, 7) is 2.48. The summed E-state index contributed by atoms with van der Waals surface area (Å²) in [7, 11) is 4.01. The Hall–Kier alpha value is -0.730. The number of hydrogen-bond donors (Lipinski definition) is 0. The van der Waals surface area contributed by atoms with E-state index < -0.39 is 0 Å².